The maximum absolute atomic E-state index is 14.1. The highest BCUT2D eigenvalue weighted by Gasteiger charge is 2.47. The Balaban J connectivity index is 1.78. The average Bonchev–Trinajstić information content (AvgIpc) is 3.37. The number of hydrogen-bond donors (Lipinski definition) is 2. The van der Waals surface area contributed by atoms with Crippen molar-refractivity contribution >= 4 is 45.6 Å². The van der Waals surface area contributed by atoms with Crippen LogP contribution in [0.2, 0.25) is 5.02 Å². The van der Waals surface area contributed by atoms with Crippen LogP contribution in [0.1, 0.15) is 17.2 Å². The lowest BCUT2D eigenvalue weighted by atomic mass is 9.94. The van der Waals surface area contributed by atoms with E-state index >= 15 is 0 Å². The van der Waals surface area contributed by atoms with Crippen molar-refractivity contribution in [2.24, 2.45) is 0 Å². The quantitative estimate of drug-likeness (QED) is 0.228. The number of methoxy groups -OCH3 is 1. The molecular weight excluding hydrogens is 459 g/mol. The number of carbonyl (C=O) groups is 2. The van der Waals surface area contributed by atoms with Gasteiger partial charge in [0.2, 0.25) is 0 Å². The normalized spacial score (nSPS) is 17.5. The fourth-order valence-electron chi connectivity index (χ4n) is 4.30. The average molecular weight is 477 g/mol. The Hall–Kier alpha value is -4.10. The smallest absolute Gasteiger partial charge is 0.300 e. The lowest BCUT2D eigenvalue weighted by molar-refractivity contribution is -0.132. The highest BCUT2D eigenvalue weighted by Crippen LogP contribution is 2.44. The molecule has 1 fully saturated rings. The van der Waals surface area contributed by atoms with Gasteiger partial charge in [0.25, 0.3) is 11.7 Å². The predicted molar refractivity (Wildman–Crippen MR) is 127 cm³/mol. The molecule has 1 unspecified atom stereocenters. The third-order valence-electron chi connectivity index (χ3n) is 5.87. The summed E-state index contributed by atoms with van der Waals surface area (Å²) in [7, 11) is 1.43. The summed E-state index contributed by atoms with van der Waals surface area (Å²) in [5, 5.41) is 12.4. The SMILES string of the molecule is COc1cc(/C(O)=C2\C(=O)C(=O)N(c3cccc(F)c3)C2c2c[nH]c3ccccc23)ccc1Cl. The summed E-state index contributed by atoms with van der Waals surface area (Å²) in [6.07, 6.45) is 1.68. The van der Waals surface area contributed by atoms with Crippen LogP contribution in [-0.4, -0.2) is 28.9 Å². The molecule has 170 valence electrons. The molecule has 3 aromatic carbocycles. The molecule has 1 aliphatic rings. The van der Waals surface area contributed by atoms with E-state index in [0.29, 0.717) is 16.3 Å². The Kier molecular flexibility index (Phi) is 5.34. The van der Waals surface area contributed by atoms with E-state index in [1.165, 1.54) is 48.4 Å². The highest BCUT2D eigenvalue weighted by atomic mass is 35.5. The Morgan fingerprint density at radius 3 is 2.65 bits per heavy atom. The van der Waals surface area contributed by atoms with Crippen molar-refractivity contribution < 1.29 is 23.8 Å². The number of aliphatic hydroxyl groups is 1. The molecule has 1 saturated heterocycles. The standard InChI is InChI=1S/C26H18ClFN2O4/c1-34-21-11-14(9-10-19(21)27)24(31)22-23(18-13-29-20-8-3-2-7-17(18)20)30(26(33)25(22)32)16-6-4-5-15(28)12-16/h2-13,23,29,31H,1H3/b24-22+. The molecule has 1 aliphatic heterocycles. The van der Waals surface area contributed by atoms with E-state index in [-0.39, 0.29) is 22.6 Å². The maximum atomic E-state index is 14.1. The van der Waals surface area contributed by atoms with E-state index in [9.17, 15) is 19.1 Å². The Bertz CT molecular complexity index is 1490. The first-order valence-electron chi connectivity index (χ1n) is 10.4. The number of ketones is 1. The summed E-state index contributed by atoms with van der Waals surface area (Å²) in [6.45, 7) is 0. The number of para-hydroxylation sites is 1. The molecule has 1 amide bonds. The van der Waals surface area contributed by atoms with Gasteiger partial charge < -0.3 is 14.8 Å². The zero-order valence-corrected chi connectivity index (χ0v) is 18.6. The number of carbonyl (C=O) groups excluding carboxylic acids is 2. The monoisotopic (exact) mass is 476 g/mol. The molecule has 1 aromatic heterocycles. The van der Waals surface area contributed by atoms with Crippen LogP contribution in [0.15, 0.2) is 78.5 Å². The number of Topliss-reactive ketones (excluding diaryl/α,β-unsaturated/α-hetero) is 1. The second-order valence-electron chi connectivity index (χ2n) is 7.79. The van der Waals surface area contributed by atoms with E-state index in [1.54, 1.807) is 12.3 Å². The van der Waals surface area contributed by atoms with Crippen molar-refractivity contribution in [3.63, 3.8) is 0 Å². The van der Waals surface area contributed by atoms with E-state index in [0.717, 1.165) is 10.9 Å². The number of H-pyrrole nitrogens is 1. The first-order valence-corrected chi connectivity index (χ1v) is 10.7. The maximum Gasteiger partial charge on any atom is 0.300 e. The number of aromatic amines is 1. The minimum Gasteiger partial charge on any atom is -0.507 e. The van der Waals surface area contributed by atoms with Gasteiger partial charge in [-0.05, 0) is 42.5 Å². The zero-order chi connectivity index (χ0) is 24.0. The van der Waals surface area contributed by atoms with Crippen molar-refractivity contribution in [3.8, 4) is 5.75 Å². The number of nitrogens with zero attached hydrogens (tertiary/aromatic N) is 1. The van der Waals surface area contributed by atoms with Crippen LogP contribution in [-0.2, 0) is 9.59 Å². The second kappa shape index (κ2) is 8.35. The minimum atomic E-state index is -1.00. The largest absolute Gasteiger partial charge is 0.507 e. The van der Waals surface area contributed by atoms with Crippen molar-refractivity contribution in [2.75, 3.05) is 12.0 Å². The van der Waals surface area contributed by atoms with Gasteiger partial charge in [0.05, 0.1) is 23.7 Å². The van der Waals surface area contributed by atoms with Crippen LogP contribution < -0.4 is 9.64 Å². The number of benzene rings is 3. The molecule has 2 N–H and O–H groups in total. The number of rotatable bonds is 4. The first-order chi connectivity index (χ1) is 16.4. The number of anilines is 1. The lowest BCUT2D eigenvalue weighted by Crippen LogP contribution is -2.29. The Morgan fingerprint density at radius 1 is 1.09 bits per heavy atom. The number of nitrogens with one attached hydrogen (secondary N) is 1. The molecule has 0 bridgehead atoms. The summed E-state index contributed by atoms with van der Waals surface area (Å²) in [4.78, 5) is 30.9. The van der Waals surface area contributed by atoms with Gasteiger partial charge in [-0.3, -0.25) is 14.5 Å². The van der Waals surface area contributed by atoms with E-state index in [1.807, 2.05) is 24.3 Å². The number of aromatic nitrogens is 1. The third-order valence-corrected chi connectivity index (χ3v) is 6.18. The van der Waals surface area contributed by atoms with E-state index < -0.39 is 23.5 Å². The number of aliphatic hydroxyl groups excluding tert-OH is 1. The van der Waals surface area contributed by atoms with E-state index in [2.05, 4.69) is 4.98 Å². The lowest BCUT2D eigenvalue weighted by Gasteiger charge is -2.25. The second-order valence-corrected chi connectivity index (χ2v) is 8.20. The first kappa shape index (κ1) is 21.7. The number of fused-ring (bicyclic) bond motifs is 1. The molecule has 8 heteroatoms. The van der Waals surface area contributed by atoms with Crippen LogP contribution in [0, 0.1) is 5.82 Å². The van der Waals surface area contributed by atoms with Gasteiger partial charge in [-0.2, -0.15) is 0 Å². The summed E-state index contributed by atoms with van der Waals surface area (Å²) in [5.41, 5.74) is 1.70. The molecule has 5 rings (SSSR count). The molecule has 0 radical (unpaired) electrons. The van der Waals surface area contributed by atoms with Crippen molar-refractivity contribution in [2.45, 2.75) is 6.04 Å². The third kappa shape index (κ3) is 3.41. The zero-order valence-electron chi connectivity index (χ0n) is 17.9. The highest BCUT2D eigenvalue weighted by molar-refractivity contribution is 6.52. The van der Waals surface area contributed by atoms with Crippen molar-refractivity contribution in [3.05, 3.63) is 100 Å². The summed E-state index contributed by atoms with van der Waals surface area (Å²) >= 11 is 6.11. The number of halogens is 2. The van der Waals surface area contributed by atoms with Gasteiger partial charge in [-0.15, -0.1) is 0 Å². The fraction of sp³-hybridized carbons (Fsp3) is 0.0769. The topological polar surface area (TPSA) is 82.6 Å². The molecule has 2 heterocycles. The fourth-order valence-corrected chi connectivity index (χ4v) is 4.50. The molecule has 34 heavy (non-hydrogen) atoms. The summed E-state index contributed by atoms with van der Waals surface area (Å²) < 4.78 is 19.3. The molecule has 4 aromatic rings. The molecule has 0 spiro atoms. The van der Waals surface area contributed by atoms with Gasteiger partial charge >= 0.3 is 0 Å². The molecule has 0 aliphatic carbocycles. The van der Waals surface area contributed by atoms with Crippen molar-refractivity contribution in [1.82, 2.24) is 4.98 Å². The number of ether oxygens (including phenoxy) is 1. The van der Waals surface area contributed by atoms with Crippen LogP contribution in [0.5, 0.6) is 5.75 Å². The Labute approximate surface area is 198 Å². The molecular formula is C26H18ClFN2O4. The minimum absolute atomic E-state index is 0.122. The van der Waals surface area contributed by atoms with Gasteiger partial charge in [0.1, 0.15) is 17.3 Å². The predicted octanol–water partition coefficient (Wildman–Crippen LogP) is 5.60. The van der Waals surface area contributed by atoms with Crippen molar-refractivity contribution in [1.29, 1.82) is 0 Å². The van der Waals surface area contributed by atoms with Gasteiger partial charge in [0.15, 0.2) is 0 Å². The van der Waals surface area contributed by atoms with Crippen LogP contribution >= 0.6 is 11.6 Å². The van der Waals surface area contributed by atoms with Crippen LogP contribution in [0.25, 0.3) is 16.7 Å². The van der Waals surface area contributed by atoms with Crippen LogP contribution in [0.3, 0.4) is 0 Å². The molecule has 1 atom stereocenters. The van der Waals surface area contributed by atoms with Gasteiger partial charge in [0, 0.05) is 33.9 Å². The van der Waals surface area contributed by atoms with Crippen LogP contribution in [0.4, 0.5) is 10.1 Å². The number of hydrogen-bond acceptors (Lipinski definition) is 4. The van der Waals surface area contributed by atoms with E-state index in [4.69, 9.17) is 16.3 Å². The molecule has 6 nitrogen and oxygen atoms in total. The van der Waals surface area contributed by atoms with Gasteiger partial charge in [-0.1, -0.05) is 35.9 Å². The summed E-state index contributed by atoms with van der Waals surface area (Å²) in [5.74, 6) is -2.40. The van der Waals surface area contributed by atoms with Gasteiger partial charge in [-0.25, -0.2) is 4.39 Å². The Morgan fingerprint density at radius 2 is 1.88 bits per heavy atom. The molecule has 0 saturated carbocycles. The number of amides is 1. The summed E-state index contributed by atoms with van der Waals surface area (Å²) in [6, 6.07) is 16.4.